The van der Waals surface area contributed by atoms with Crippen molar-refractivity contribution < 1.29 is 9.53 Å². The zero-order chi connectivity index (χ0) is 21.2. The van der Waals surface area contributed by atoms with E-state index in [1.54, 1.807) is 20.2 Å². The van der Waals surface area contributed by atoms with Gasteiger partial charge in [0.05, 0.1) is 12.2 Å². The molecule has 0 saturated heterocycles. The first-order chi connectivity index (χ1) is 13.7. The molecule has 154 valence electrons. The van der Waals surface area contributed by atoms with Crippen LogP contribution in [-0.2, 0) is 11.3 Å². The van der Waals surface area contributed by atoms with Gasteiger partial charge in [-0.05, 0) is 57.9 Å². The van der Waals surface area contributed by atoms with Crippen LogP contribution in [0.4, 0.5) is 4.79 Å². The standard InChI is InChI=1S/C22H28N4O3/c1-6-13-24(21(28)29-22(3,4)5)15-18-23-25-14-12-16(2)19(25)20(27)26(18)17-10-8-7-9-11-17/h7-12,14H,6,13,15H2,1-5H3. The molecule has 0 saturated carbocycles. The van der Waals surface area contributed by atoms with E-state index in [0.717, 1.165) is 12.0 Å². The highest BCUT2D eigenvalue weighted by molar-refractivity contribution is 5.68. The van der Waals surface area contributed by atoms with Crippen LogP contribution in [0, 0.1) is 6.92 Å². The van der Waals surface area contributed by atoms with Gasteiger partial charge in [-0.3, -0.25) is 9.36 Å². The van der Waals surface area contributed by atoms with E-state index in [9.17, 15) is 9.59 Å². The lowest BCUT2D eigenvalue weighted by Crippen LogP contribution is -2.39. The molecule has 3 aromatic rings. The van der Waals surface area contributed by atoms with Crippen molar-refractivity contribution in [2.75, 3.05) is 6.54 Å². The van der Waals surface area contributed by atoms with Gasteiger partial charge in [0.25, 0.3) is 5.56 Å². The molecule has 1 amide bonds. The van der Waals surface area contributed by atoms with Crippen LogP contribution in [-0.4, -0.2) is 37.3 Å². The molecule has 0 N–H and O–H groups in total. The topological polar surface area (TPSA) is 68.8 Å². The van der Waals surface area contributed by atoms with E-state index in [-0.39, 0.29) is 12.1 Å². The van der Waals surface area contributed by atoms with Gasteiger partial charge in [-0.15, -0.1) is 0 Å². The van der Waals surface area contributed by atoms with Gasteiger partial charge in [0.1, 0.15) is 11.1 Å². The number of fused-ring (bicyclic) bond motifs is 1. The fourth-order valence-corrected chi connectivity index (χ4v) is 3.21. The molecule has 2 aromatic heterocycles. The lowest BCUT2D eigenvalue weighted by molar-refractivity contribution is 0.0226. The number of hydrogen-bond donors (Lipinski definition) is 0. The Labute approximate surface area is 170 Å². The largest absolute Gasteiger partial charge is 0.444 e. The zero-order valence-electron chi connectivity index (χ0n) is 17.7. The van der Waals surface area contributed by atoms with Gasteiger partial charge in [0.2, 0.25) is 0 Å². The molecule has 29 heavy (non-hydrogen) atoms. The number of benzene rings is 1. The zero-order valence-corrected chi connectivity index (χ0v) is 17.7. The fourth-order valence-electron chi connectivity index (χ4n) is 3.21. The predicted octanol–water partition coefficient (Wildman–Crippen LogP) is 3.94. The van der Waals surface area contributed by atoms with Gasteiger partial charge in [0.15, 0.2) is 5.82 Å². The maximum Gasteiger partial charge on any atom is 0.410 e. The summed E-state index contributed by atoms with van der Waals surface area (Å²) >= 11 is 0. The average Bonchev–Trinajstić information content (AvgIpc) is 3.02. The van der Waals surface area contributed by atoms with Crippen LogP contribution >= 0.6 is 0 Å². The third kappa shape index (κ3) is 4.50. The van der Waals surface area contributed by atoms with Crippen LogP contribution < -0.4 is 5.56 Å². The van der Waals surface area contributed by atoms with Gasteiger partial charge in [-0.2, -0.15) is 5.10 Å². The van der Waals surface area contributed by atoms with Crippen molar-refractivity contribution in [3.8, 4) is 5.69 Å². The minimum Gasteiger partial charge on any atom is -0.444 e. The average molecular weight is 396 g/mol. The molecule has 3 rings (SSSR count). The third-order valence-corrected chi connectivity index (χ3v) is 4.45. The summed E-state index contributed by atoms with van der Waals surface area (Å²) in [5.74, 6) is 0.476. The Morgan fingerprint density at radius 1 is 1.17 bits per heavy atom. The van der Waals surface area contributed by atoms with E-state index in [0.29, 0.717) is 23.6 Å². The Balaban J connectivity index is 2.12. The summed E-state index contributed by atoms with van der Waals surface area (Å²) in [7, 11) is 0. The SMILES string of the molecule is CCCN(Cc1nn2ccc(C)c2c(=O)n1-c1ccccc1)C(=O)OC(C)(C)C. The van der Waals surface area contributed by atoms with Crippen molar-refractivity contribution in [3.63, 3.8) is 0 Å². The fraction of sp³-hybridized carbons (Fsp3) is 0.409. The molecule has 7 heteroatoms. The second-order valence-corrected chi connectivity index (χ2v) is 8.09. The number of amides is 1. The summed E-state index contributed by atoms with van der Waals surface area (Å²) in [5.41, 5.74) is 1.33. The number of carbonyl (C=O) groups is 1. The highest BCUT2D eigenvalue weighted by atomic mass is 16.6. The molecule has 0 aliphatic rings. The van der Waals surface area contributed by atoms with E-state index < -0.39 is 11.7 Å². The Morgan fingerprint density at radius 3 is 2.48 bits per heavy atom. The van der Waals surface area contributed by atoms with Crippen molar-refractivity contribution >= 4 is 11.6 Å². The van der Waals surface area contributed by atoms with Crippen molar-refractivity contribution in [2.24, 2.45) is 0 Å². The van der Waals surface area contributed by atoms with E-state index in [4.69, 9.17) is 4.74 Å². The van der Waals surface area contributed by atoms with Gasteiger partial charge in [0, 0.05) is 12.7 Å². The Bertz CT molecular complexity index is 1060. The molecule has 1 aromatic carbocycles. The molecule has 0 unspecified atom stereocenters. The maximum absolute atomic E-state index is 13.3. The second kappa shape index (κ2) is 8.11. The third-order valence-electron chi connectivity index (χ3n) is 4.45. The summed E-state index contributed by atoms with van der Waals surface area (Å²) in [4.78, 5) is 27.7. The molecule has 7 nitrogen and oxygen atoms in total. The molecule has 0 radical (unpaired) electrons. The number of para-hydroxylation sites is 1. The van der Waals surface area contributed by atoms with E-state index in [1.807, 2.05) is 71.0 Å². The van der Waals surface area contributed by atoms with Gasteiger partial charge >= 0.3 is 6.09 Å². The minimum atomic E-state index is -0.600. The van der Waals surface area contributed by atoms with E-state index >= 15 is 0 Å². The van der Waals surface area contributed by atoms with Gasteiger partial charge in [-0.1, -0.05) is 25.1 Å². The van der Waals surface area contributed by atoms with Crippen LogP contribution in [0.1, 0.15) is 45.5 Å². The quantitative estimate of drug-likeness (QED) is 0.655. The van der Waals surface area contributed by atoms with Crippen molar-refractivity contribution in [1.29, 1.82) is 0 Å². The first kappa shape index (κ1) is 20.6. The molecule has 2 heterocycles. The van der Waals surface area contributed by atoms with E-state index in [2.05, 4.69) is 5.10 Å². The van der Waals surface area contributed by atoms with E-state index in [1.165, 1.54) is 0 Å². The number of rotatable bonds is 5. The molecule has 0 bridgehead atoms. The first-order valence-electron chi connectivity index (χ1n) is 9.84. The molecule has 0 atom stereocenters. The molecular weight excluding hydrogens is 368 g/mol. The van der Waals surface area contributed by atoms with Crippen LogP contribution in [0.2, 0.25) is 0 Å². The highest BCUT2D eigenvalue weighted by Crippen LogP contribution is 2.16. The lowest BCUT2D eigenvalue weighted by atomic mass is 10.2. The lowest BCUT2D eigenvalue weighted by Gasteiger charge is -2.27. The minimum absolute atomic E-state index is 0.163. The molecular formula is C22H28N4O3. The monoisotopic (exact) mass is 396 g/mol. The number of ether oxygens (including phenoxy) is 1. The van der Waals surface area contributed by atoms with Crippen LogP contribution in [0.5, 0.6) is 0 Å². The summed E-state index contributed by atoms with van der Waals surface area (Å²) in [6, 6.07) is 11.2. The molecule has 0 aliphatic heterocycles. The Kier molecular flexibility index (Phi) is 5.77. The van der Waals surface area contributed by atoms with Crippen LogP contribution in [0.3, 0.4) is 0 Å². The smallest absolute Gasteiger partial charge is 0.410 e. The predicted molar refractivity (Wildman–Crippen MR) is 112 cm³/mol. The number of aryl methyl sites for hydroxylation is 1. The normalized spacial score (nSPS) is 11.6. The second-order valence-electron chi connectivity index (χ2n) is 8.09. The van der Waals surface area contributed by atoms with Crippen LogP contribution in [0.25, 0.3) is 11.2 Å². The maximum atomic E-state index is 13.3. The van der Waals surface area contributed by atoms with Gasteiger partial charge in [-0.25, -0.2) is 9.31 Å². The Morgan fingerprint density at radius 2 is 1.86 bits per heavy atom. The highest BCUT2D eigenvalue weighted by Gasteiger charge is 2.24. The number of nitrogens with zero attached hydrogens (tertiary/aromatic N) is 4. The summed E-state index contributed by atoms with van der Waals surface area (Å²) in [6.45, 7) is 10.1. The number of carbonyl (C=O) groups excluding carboxylic acids is 1. The van der Waals surface area contributed by atoms with Crippen molar-refractivity contribution in [1.82, 2.24) is 19.1 Å². The van der Waals surface area contributed by atoms with Crippen molar-refractivity contribution in [2.45, 2.75) is 53.2 Å². The molecule has 0 aliphatic carbocycles. The first-order valence-corrected chi connectivity index (χ1v) is 9.84. The molecule has 0 fully saturated rings. The Hall–Kier alpha value is -3.09. The summed E-state index contributed by atoms with van der Waals surface area (Å²) < 4.78 is 8.72. The summed E-state index contributed by atoms with van der Waals surface area (Å²) in [5, 5.41) is 4.66. The number of aromatic nitrogens is 3. The summed E-state index contributed by atoms with van der Waals surface area (Å²) in [6.07, 6.45) is 2.11. The van der Waals surface area contributed by atoms with Gasteiger partial charge < -0.3 is 9.64 Å². The van der Waals surface area contributed by atoms with Crippen LogP contribution in [0.15, 0.2) is 47.4 Å². The van der Waals surface area contributed by atoms with Crippen molar-refractivity contribution in [3.05, 3.63) is 64.3 Å². The molecule has 0 spiro atoms. The number of hydrogen-bond acceptors (Lipinski definition) is 4.